The zero-order valence-electron chi connectivity index (χ0n) is 20.7. The molecular formula is C25H28N8O4S. The maximum absolute atomic E-state index is 13.9. The summed E-state index contributed by atoms with van der Waals surface area (Å²) >= 11 is 1.31. The van der Waals surface area contributed by atoms with Crippen LogP contribution in [0.4, 0.5) is 0 Å². The van der Waals surface area contributed by atoms with Crippen LogP contribution in [-0.4, -0.2) is 85.1 Å². The Kier molecular flexibility index (Phi) is 7.73. The van der Waals surface area contributed by atoms with Crippen LogP contribution in [0.15, 0.2) is 47.4 Å². The molecule has 38 heavy (non-hydrogen) atoms. The summed E-state index contributed by atoms with van der Waals surface area (Å²) in [4.78, 5) is 60.3. The molecule has 0 spiro atoms. The molecule has 12 nitrogen and oxygen atoms in total. The molecule has 198 valence electrons. The van der Waals surface area contributed by atoms with Crippen molar-refractivity contribution in [3.8, 4) is 0 Å². The van der Waals surface area contributed by atoms with E-state index >= 15 is 0 Å². The van der Waals surface area contributed by atoms with E-state index in [1.165, 1.54) is 21.1 Å². The number of benzene rings is 1. The molecule has 0 aliphatic carbocycles. The van der Waals surface area contributed by atoms with Gasteiger partial charge in [-0.25, -0.2) is 4.98 Å². The Morgan fingerprint density at radius 1 is 1.11 bits per heavy atom. The number of nitrogens with zero attached hydrogens (tertiary/aromatic N) is 6. The third kappa shape index (κ3) is 5.88. The van der Waals surface area contributed by atoms with E-state index in [9.17, 15) is 19.2 Å². The number of nitrogens with one attached hydrogen (secondary N) is 2. The molecule has 2 atom stereocenters. The van der Waals surface area contributed by atoms with Crippen molar-refractivity contribution in [1.29, 1.82) is 0 Å². The lowest BCUT2D eigenvalue weighted by Crippen LogP contribution is -2.64. The third-order valence-electron chi connectivity index (χ3n) is 6.64. The Labute approximate surface area is 223 Å². The summed E-state index contributed by atoms with van der Waals surface area (Å²) < 4.78 is 1.63. The maximum atomic E-state index is 13.9. The molecule has 2 aromatic heterocycles. The van der Waals surface area contributed by atoms with Crippen LogP contribution in [0, 0.1) is 0 Å². The van der Waals surface area contributed by atoms with Crippen molar-refractivity contribution in [1.82, 2.24) is 40.4 Å². The quantitative estimate of drug-likeness (QED) is 0.488. The summed E-state index contributed by atoms with van der Waals surface area (Å²) in [6.07, 6.45) is 2.74. The molecule has 1 saturated heterocycles. The number of fused-ring (bicyclic) bond motifs is 3. The van der Waals surface area contributed by atoms with Crippen LogP contribution in [0.25, 0.3) is 0 Å². The van der Waals surface area contributed by atoms with Gasteiger partial charge in [0.2, 0.25) is 17.7 Å². The second-order valence-electron chi connectivity index (χ2n) is 9.28. The van der Waals surface area contributed by atoms with Crippen molar-refractivity contribution in [2.75, 3.05) is 19.6 Å². The molecule has 2 aliphatic rings. The van der Waals surface area contributed by atoms with E-state index in [1.807, 2.05) is 30.3 Å². The van der Waals surface area contributed by atoms with Crippen LogP contribution < -0.4 is 10.6 Å². The average Bonchev–Trinajstić information content (AvgIpc) is 3.63. The molecule has 0 saturated carbocycles. The summed E-state index contributed by atoms with van der Waals surface area (Å²) in [5.41, 5.74) is 3.33. The molecule has 13 heteroatoms. The zero-order chi connectivity index (χ0) is 26.5. The van der Waals surface area contributed by atoms with Gasteiger partial charge >= 0.3 is 0 Å². The largest absolute Gasteiger partial charge is 0.348 e. The normalized spacial score (nSPS) is 21.1. The number of carbonyl (C=O) groups is 4. The van der Waals surface area contributed by atoms with E-state index < -0.39 is 18.0 Å². The lowest BCUT2D eigenvalue weighted by Gasteiger charge is -2.41. The van der Waals surface area contributed by atoms with Crippen LogP contribution in [-0.2, 0) is 33.9 Å². The Hall–Kier alpha value is -4.13. The molecule has 2 bridgehead atoms. The van der Waals surface area contributed by atoms with Gasteiger partial charge in [-0.1, -0.05) is 35.5 Å². The fraction of sp³-hybridized carbons (Fsp3) is 0.400. The number of thiazole rings is 1. The van der Waals surface area contributed by atoms with Gasteiger partial charge < -0.3 is 20.4 Å². The second kappa shape index (κ2) is 11.5. The van der Waals surface area contributed by atoms with Crippen LogP contribution >= 0.6 is 11.3 Å². The first-order chi connectivity index (χ1) is 18.5. The molecule has 4 heterocycles. The lowest BCUT2D eigenvalue weighted by molar-refractivity contribution is -0.146. The fourth-order valence-corrected chi connectivity index (χ4v) is 5.20. The molecule has 2 N–H and O–H groups in total. The van der Waals surface area contributed by atoms with Gasteiger partial charge in [-0.15, -0.1) is 16.4 Å². The number of aryl methyl sites for hydroxylation is 1. The molecule has 2 aliphatic heterocycles. The van der Waals surface area contributed by atoms with Crippen molar-refractivity contribution in [2.45, 2.75) is 44.4 Å². The molecule has 1 aromatic carbocycles. The van der Waals surface area contributed by atoms with Gasteiger partial charge in [0.15, 0.2) is 0 Å². The first kappa shape index (κ1) is 25.5. The standard InChI is InChI=1S/C25H28N8O4S/c34-22-7-4-8-32-13-18(29-30-32)12-26-23(35)21-14-31(24(36)20-15-38-16-27-20)9-10-33(21)25(37)19(28-22)11-17-5-2-1-3-6-17/h1-3,5-6,13,15-16,19,21H,4,7-12,14H2,(H,26,35)(H,28,34)/t19-,21+/m0/s1. The molecular weight excluding hydrogens is 508 g/mol. The number of hydrogen-bond acceptors (Lipinski definition) is 8. The van der Waals surface area contributed by atoms with E-state index in [0.717, 1.165) is 5.56 Å². The first-order valence-electron chi connectivity index (χ1n) is 12.5. The first-order valence-corrected chi connectivity index (χ1v) is 13.4. The fourth-order valence-electron chi connectivity index (χ4n) is 4.68. The SMILES string of the molecule is O=C1CCCn2cc(nn2)CNC(=O)[C@H]2CN(C(=O)c3cscn3)CCN2C(=O)[C@H](Cc2ccccc2)N1. The minimum Gasteiger partial charge on any atom is -0.348 e. The highest BCUT2D eigenvalue weighted by molar-refractivity contribution is 7.07. The minimum atomic E-state index is -0.950. The number of rotatable bonds is 3. The van der Waals surface area contributed by atoms with E-state index in [-0.39, 0.29) is 56.7 Å². The van der Waals surface area contributed by atoms with Crippen LogP contribution in [0.2, 0.25) is 0 Å². The molecule has 0 radical (unpaired) electrons. The highest BCUT2D eigenvalue weighted by atomic mass is 32.1. The Morgan fingerprint density at radius 3 is 2.74 bits per heavy atom. The maximum Gasteiger partial charge on any atom is 0.273 e. The lowest BCUT2D eigenvalue weighted by atomic mass is 10.0. The topological polar surface area (TPSA) is 142 Å². The van der Waals surface area contributed by atoms with Gasteiger partial charge in [0, 0.05) is 37.9 Å². The Bertz CT molecular complexity index is 1300. The molecule has 4 amide bonds. The predicted molar refractivity (Wildman–Crippen MR) is 137 cm³/mol. The average molecular weight is 537 g/mol. The van der Waals surface area contributed by atoms with E-state index in [0.29, 0.717) is 24.4 Å². The van der Waals surface area contributed by atoms with E-state index in [1.54, 1.807) is 21.8 Å². The van der Waals surface area contributed by atoms with Crippen molar-refractivity contribution >= 4 is 35.0 Å². The second-order valence-corrected chi connectivity index (χ2v) is 10.00. The van der Waals surface area contributed by atoms with Gasteiger partial charge in [-0.05, 0) is 12.0 Å². The van der Waals surface area contributed by atoms with Gasteiger partial charge in [-0.3, -0.25) is 23.9 Å². The smallest absolute Gasteiger partial charge is 0.273 e. The highest BCUT2D eigenvalue weighted by Crippen LogP contribution is 2.17. The summed E-state index contributed by atoms with van der Waals surface area (Å²) in [6, 6.07) is 7.61. The minimum absolute atomic E-state index is 0.00657. The number of piperazine rings is 1. The third-order valence-corrected chi connectivity index (χ3v) is 7.23. The predicted octanol–water partition coefficient (Wildman–Crippen LogP) is 0.225. The Balaban J connectivity index is 1.43. The summed E-state index contributed by atoms with van der Waals surface area (Å²) in [6.45, 7) is 0.999. The van der Waals surface area contributed by atoms with Gasteiger partial charge in [0.05, 0.1) is 24.8 Å². The molecule has 0 unspecified atom stereocenters. The van der Waals surface area contributed by atoms with Crippen LogP contribution in [0.5, 0.6) is 0 Å². The Morgan fingerprint density at radius 2 is 1.95 bits per heavy atom. The van der Waals surface area contributed by atoms with Crippen molar-refractivity contribution in [3.63, 3.8) is 0 Å². The van der Waals surface area contributed by atoms with Crippen molar-refractivity contribution < 1.29 is 19.2 Å². The van der Waals surface area contributed by atoms with Crippen LogP contribution in [0.1, 0.15) is 34.6 Å². The van der Waals surface area contributed by atoms with Gasteiger partial charge in [-0.2, -0.15) is 0 Å². The number of aromatic nitrogens is 4. The van der Waals surface area contributed by atoms with E-state index in [4.69, 9.17) is 0 Å². The van der Waals surface area contributed by atoms with Gasteiger partial charge in [0.25, 0.3) is 5.91 Å². The van der Waals surface area contributed by atoms with Gasteiger partial charge in [0.1, 0.15) is 23.5 Å². The van der Waals surface area contributed by atoms with Crippen LogP contribution in [0.3, 0.4) is 0 Å². The molecule has 5 rings (SSSR count). The monoisotopic (exact) mass is 536 g/mol. The number of carbonyl (C=O) groups excluding carboxylic acids is 4. The van der Waals surface area contributed by atoms with Crippen molar-refractivity contribution in [2.24, 2.45) is 0 Å². The number of hydrogen-bond donors (Lipinski definition) is 2. The summed E-state index contributed by atoms with van der Waals surface area (Å²) in [5.74, 6) is -1.32. The molecule has 1 fully saturated rings. The summed E-state index contributed by atoms with van der Waals surface area (Å²) in [7, 11) is 0. The van der Waals surface area contributed by atoms with E-state index in [2.05, 4.69) is 25.9 Å². The highest BCUT2D eigenvalue weighted by Gasteiger charge is 2.40. The number of amides is 4. The van der Waals surface area contributed by atoms with Crippen molar-refractivity contribution in [3.05, 3.63) is 64.4 Å². The summed E-state index contributed by atoms with van der Waals surface area (Å²) in [5, 5.41) is 15.5. The molecule has 3 aromatic rings. The zero-order valence-corrected chi connectivity index (χ0v) is 21.5.